The number of thiol groups is 2. The molecular formula is C68H115N19O25S2. The SMILES string of the molecule is CC(C)C[C@H](NC(=O)[C@H](C)NC(=O)[C@H](CCC(=O)O)NC(=O)[C@H](CC(=O)O)NC(=O)[C@H](CO)NC(=O)[C@@H](NC(=O)[C@H](CCC(=O)O)NC(=O)[C@@H]1CCCN1C(=O)[C@@H](NC(=O)[C@H](CCCN=C(N)N)NC(=O)[C@@H](NC(=O)[C@H](CC(C)C)NC(=O)[C@H](CS)NC(=O)[C@H](CCC(N)=O)NC(=O)[C@@H](N)CS)C(C)C)[C@@H](C)O)C(C)C)C(=O)O. The molecule has 0 aliphatic carbocycles. The Kier molecular flexibility index (Phi) is 45.4. The minimum Gasteiger partial charge on any atom is -0.481 e. The second kappa shape index (κ2) is 50.8. The van der Waals surface area contributed by atoms with E-state index in [-0.39, 0.29) is 93.8 Å². The van der Waals surface area contributed by atoms with E-state index < -0.39 is 260 Å². The smallest absolute Gasteiger partial charge is 0.326 e. The van der Waals surface area contributed by atoms with Crippen molar-refractivity contribution in [3.63, 3.8) is 0 Å². The van der Waals surface area contributed by atoms with Crippen LogP contribution in [0.15, 0.2) is 4.99 Å². The van der Waals surface area contributed by atoms with Crippen LogP contribution in [0.5, 0.6) is 0 Å². The summed E-state index contributed by atoms with van der Waals surface area (Å²) in [6, 6.07) is -24.3. The molecule has 44 nitrogen and oxygen atoms in total. The monoisotopic (exact) mass is 1660 g/mol. The number of carboxylic acids is 4. The summed E-state index contributed by atoms with van der Waals surface area (Å²) in [6.07, 6.45) is -6.87. The number of aliphatic hydroxyl groups is 2. The molecule has 16 atom stereocenters. The van der Waals surface area contributed by atoms with E-state index in [0.717, 1.165) is 18.7 Å². The van der Waals surface area contributed by atoms with Gasteiger partial charge in [0.25, 0.3) is 0 Å². The highest BCUT2D eigenvalue weighted by Crippen LogP contribution is 2.21. The molecule has 0 bridgehead atoms. The lowest BCUT2D eigenvalue weighted by molar-refractivity contribution is -0.145. The molecule has 1 aliphatic heterocycles. The van der Waals surface area contributed by atoms with E-state index in [0.29, 0.717) is 0 Å². The highest BCUT2D eigenvalue weighted by molar-refractivity contribution is 7.80. The molecule has 644 valence electrons. The first kappa shape index (κ1) is 102. The number of carbonyl (C=O) groups is 19. The van der Waals surface area contributed by atoms with Gasteiger partial charge in [0.1, 0.15) is 84.6 Å². The van der Waals surface area contributed by atoms with Crippen molar-refractivity contribution in [2.45, 2.75) is 249 Å². The van der Waals surface area contributed by atoms with Gasteiger partial charge in [0, 0.05) is 43.9 Å². The fourth-order valence-corrected chi connectivity index (χ4v) is 11.6. The molecule has 114 heavy (non-hydrogen) atoms. The van der Waals surface area contributed by atoms with Crippen molar-refractivity contribution in [2.24, 2.45) is 51.6 Å². The number of nitrogens with zero attached hydrogens (tertiary/aromatic N) is 2. The van der Waals surface area contributed by atoms with Crippen LogP contribution in [-0.2, 0) is 91.1 Å². The van der Waals surface area contributed by atoms with Gasteiger partial charge in [-0.3, -0.25) is 91.3 Å². The topological polar surface area (TPSA) is 722 Å². The Labute approximate surface area is 668 Å². The number of rotatable bonds is 53. The van der Waals surface area contributed by atoms with Gasteiger partial charge in [-0.2, -0.15) is 25.3 Å². The van der Waals surface area contributed by atoms with E-state index in [9.17, 15) is 122 Å². The van der Waals surface area contributed by atoms with Gasteiger partial charge < -0.3 is 128 Å². The number of aliphatic hydroxyl groups excluding tert-OH is 2. The predicted octanol–water partition coefficient (Wildman–Crippen LogP) is -8.13. The summed E-state index contributed by atoms with van der Waals surface area (Å²) < 4.78 is 0. The molecule has 46 heteroatoms. The minimum absolute atomic E-state index is 0.00224. The number of carboxylic acid groups (broad SMARTS) is 4. The standard InChI is InChI=1S/C68H115N19O25S2/c1-29(2)23-40(79-62(106)44(28-114)83-56(100)37(15-18-46(70)90)75-54(98)35(69)27-113)60(104)85-50(31(5)6)64(108)78-36(13-11-21-73-68(71)72)57(101)86-52(34(10)89)66(110)87-22-12-14-45(87)63(107)77-39(17-20-48(93)94)58(102)84-51(32(7)8)65(109)82-43(26-88)61(105)80-41(25-49(95)96)59(103)76-38(16-19-47(91)92)55(99)74-33(9)53(97)81-42(67(111)112)24-30(3)4/h29-45,50-52,88-89,113-114H,11-28,69H2,1-10H3,(H2,70,90)(H,74,99)(H,75,98)(H,76,103)(H,77,107)(H,78,108)(H,79,106)(H,80,105)(H,81,97)(H,82,109)(H,83,100)(H,84,102)(H,85,104)(H,86,101)(H,91,92)(H,93,94)(H,95,96)(H,111,112)(H4,71,72,73)/t33-,34+,35-,36-,37-,38-,39-,40-,41-,42-,43-,44-,45-,50-,51-,52-/m0/s1. The maximum absolute atomic E-state index is 14.6. The Morgan fingerprint density at radius 3 is 1.29 bits per heavy atom. The molecular weight excluding hydrogens is 1550 g/mol. The normalized spacial score (nSPS) is 16.5. The van der Waals surface area contributed by atoms with Crippen molar-refractivity contribution < 1.29 is 122 Å². The van der Waals surface area contributed by atoms with Crippen LogP contribution in [0.3, 0.4) is 0 Å². The number of nitrogens with one attached hydrogen (secondary N) is 13. The summed E-state index contributed by atoms with van der Waals surface area (Å²) >= 11 is 8.19. The molecule has 0 aromatic heterocycles. The zero-order valence-electron chi connectivity index (χ0n) is 65.3. The Balaban J connectivity index is 3.56. The molecule has 0 unspecified atom stereocenters. The van der Waals surface area contributed by atoms with Crippen molar-refractivity contribution >= 4 is 144 Å². The summed E-state index contributed by atoms with van der Waals surface area (Å²) in [5, 5.41) is 90.5. The van der Waals surface area contributed by atoms with Crippen molar-refractivity contribution in [2.75, 3.05) is 31.2 Å². The minimum atomic E-state index is -2.14. The number of hydrogen-bond donors (Lipinski definition) is 25. The quantitative estimate of drug-likeness (QED) is 0.0116. The average molecular weight is 1660 g/mol. The number of guanidine groups is 1. The first-order valence-electron chi connectivity index (χ1n) is 36.8. The summed E-state index contributed by atoms with van der Waals surface area (Å²) in [5.74, 6) is -25.0. The summed E-state index contributed by atoms with van der Waals surface area (Å²) in [5.41, 5.74) is 22.1. The van der Waals surface area contributed by atoms with E-state index in [1.807, 2.05) is 5.32 Å². The predicted molar refractivity (Wildman–Crippen MR) is 411 cm³/mol. The third-order valence-corrected chi connectivity index (χ3v) is 18.2. The van der Waals surface area contributed by atoms with Crippen LogP contribution < -0.4 is 92.1 Å². The number of likely N-dealkylation sites (tertiary alicyclic amines) is 1. The second-order valence-corrected chi connectivity index (χ2v) is 29.6. The average Bonchev–Trinajstić information content (AvgIpc) is 1.63. The fourth-order valence-electron chi connectivity index (χ4n) is 11.2. The fraction of sp³-hybridized carbons (Fsp3) is 0.706. The van der Waals surface area contributed by atoms with Crippen molar-refractivity contribution in [1.82, 2.24) is 74.0 Å². The maximum Gasteiger partial charge on any atom is 0.326 e. The number of primary amides is 1. The first-order valence-corrected chi connectivity index (χ1v) is 38.1. The molecule has 0 spiro atoms. The lowest BCUT2D eigenvalue weighted by atomic mass is 9.99. The van der Waals surface area contributed by atoms with Crippen LogP contribution in [-0.4, -0.2) is 282 Å². The first-order chi connectivity index (χ1) is 53.1. The lowest BCUT2D eigenvalue weighted by Gasteiger charge is -2.32. The van der Waals surface area contributed by atoms with E-state index in [4.69, 9.17) is 22.9 Å². The second-order valence-electron chi connectivity index (χ2n) is 28.8. The molecule has 0 saturated carbocycles. The number of aliphatic carboxylic acids is 4. The molecule has 0 aromatic rings. The van der Waals surface area contributed by atoms with Gasteiger partial charge in [0.05, 0.1) is 25.2 Å². The molecule has 0 radical (unpaired) electrons. The molecule has 1 heterocycles. The third-order valence-electron chi connectivity index (χ3n) is 17.4. The van der Waals surface area contributed by atoms with Gasteiger partial charge in [-0.05, 0) is 95.3 Å². The van der Waals surface area contributed by atoms with Gasteiger partial charge >= 0.3 is 23.9 Å². The molecule has 0 aromatic carbocycles. The highest BCUT2D eigenvalue weighted by Gasteiger charge is 2.43. The molecule has 1 saturated heterocycles. The van der Waals surface area contributed by atoms with Crippen molar-refractivity contribution in [3.8, 4) is 0 Å². The third kappa shape index (κ3) is 36.7. The molecule has 1 rings (SSSR count). The number of nitrogens with two attached hydrogens (primary N) is 4. The van der Waals surface area contributed by atoms with Gasteiger partial charge in [0.2, 0.25) is 88.6 Å². The number of carbonyl (C=O) groups excluding carboxylic acids is 15. The van der Waals surface area contributed by atoms with Crippen LogP contribution in [0.2, 0.25) is 0 Å². The van der Waals surface area contributed by atoms with Crippen LogP contribution in [0.4, 0.5) is 0 Å². The largest absolute Gasteiger partial charge is 0.481 e. The summed E-state index contributed by atoms with van der Waals surface area (Å²) in [7, 11) is 0. The number of hydrogen-bond acceptors (Lipinski definition) is 25. The highest BCUT2D eigenvalue weighted by atomic mass is 32.1. The Bertz CT molecular complexity index is 3420. The Morgan fingerprint density at radius 1 is 0.439 bits per heavy atom. The Morgan fingerprint density at radius 2 is 0.833 bits per heavy atom. The van der Waals surface area contributed by atoms with Gasteiger partial charge in [-0.1, -0.05) is 55.4 Å². The van der Waals surface area contributed by atoms with Gasteiger partial charge in [0.15, 0.2) is 5.96 Å². The molecule has 27 N–H and O–H groups in total. The van der Waals surface area contributed by atoms with Crippen molar-refractivity contribution in [1.29, 1.82) is 0 Å². The van der Waals surface area contributed by atoms with Crippen LogP contribution in [0, 0.1) is 23.7 Å². The van der Waals surface area contributed by atoms with Gasteiger partial charge in [-0.25, -0.2) is 4.79 Å². The summed E-state index contributed by atoms with van der Waals surface area (Å²) in [6.45, 7) is 13.4. The zero-order valence-corrected chi connectivity index (χ0v) is 67.1. The van der Waals surface area contributed by atoms with Gasteiger partial charge in [-0.15, -0.1) is 0 Å². The van der Waals surface area contributed by atoms with E-state index in [2.05, 4.69) is 94.1 Å². The van der Waals surface area contributed by atoms with Crippen LogP contribution >= 0.6 is 25.3 Å². The molecule has 1 fully saturated rings. The Hall–Kier alpha value is -10.2. The lowest BCUT2D eigenvalue weighted by Crippen LogP contribution is -2.62. The van der Waals surface area contributed by atoms with Crippen LogP contribution in [0.1, 0.15) is 153 Å². The number of aliphatic imine (C=N–C) groups is 1. The van der Waals surface area contributed by atoms with E-state index in [1.165, 1.54) is 27.7 Å². The number of amides is 15. The van der Waals surface area contributed by atoms with E-state index in [1.54, 1.807) is 27.7 Å². The van der Waals surface area contributed by atoms with Crippen molar-refractivity contribution in [3.05, 3.63) is 0 Å². The molecule has 1 aliphatic rings. The maximum atomic E-state index is 14.6. The van der Waals surface area contributed by atoms with Crippen LogP contribution in [0.25, 0.3) is 0 Å². The zero-order chi connectivity index (χ0) is 87.3. The molecule has 15 amide bonds. The summed E-state index contributed by atoms with van der Waals surface area (Å²) in [4.78, 5) is 258. The van der Waals surface area contributed by atoms with E-state index >= 15 is 0 Å².